The molecule has 0 aliphatic rings. The van der Waals surface area contributed by atoms with E-state index in [2.05, 4.69) is 10.9 Å². The Bertz CT molecular complexity index is 728. The number of nitrogens with zero attached hydrogens (tertiary/aromatic N) is 1. The Morgan fingerprint density at radius 1 is 1.30 bits per heavy atom. The molecule has 0 bridgehead atoms. The van der Waals surface area contributed by atoms with Gasteiger partial charge in [0.1, 0.15) is 17.2 Å². The Morgan fingerprint density at radius 2 is 2.09 bits per heavy atom. The summed E-state index contributed by atoms with van der Waals surface area (Å²) in [4.78, 5) is 17.2. The van der Waals surface area contributed by atoms with Crippen molar-refractivity contribution < 1.29 is 14.3 Å². The van der Waals surface area contributed by atoms with Gasteiger partial charge < -0.3 is 19.4 Å². The van der Waals surface area contributed by atoms with E-state index in [1.54, 1.807) is 37.4 Å². The van der Waals surface area contributed by atoms with Crippen molar-refractivity contribution in [1.82, 2.24) is 9.88 Å². The van der Waals surface area contributed by atoms with Crippen molar-refractivity contribution in [3.8, 4) is 23.8 Å². The lowest BCUT2D eigenvalue weighted by atomic mass is 10.1. The fourth-order valence-corrected chi connectivity index (χ4v) is 2.29. The quantitative estimate of drug-likeness (QED) is 0.834. The number of aromatic nitrogens is 1. The van der Waals surface area contributed by atoms with Gasteiger partial charge in [0.25, 0.3) is 5.91 Å². The summed E-state index contributed by atoms with van der Waals surface area (Å²) in [5, 5.41) is 0. The van der Waals surface area contributed by atoms with Crippen LogP contribution in [0.25, 0.3) is 0 Å². The zero-order valence-corrected chi connectivity index (χ0v) is 13.6. The molecule has 120 valence electrons. The topological polar surface area (TPSA) is 54.6 Å². The highest BCUT2D eigenvalue weighted by molar-refractivity contribution is 5.92. The van der Waals surface area contributed by atoms with Gasteiger partial charge in [-0.25, -0.2) is 0 Å². The Labute approximate surface area is 136 Å². The molecule has 0 spiro atoms. The summed E-state index contributed by atoms with van der Waals surface area (Å²) in [6.07, 6.45) is 7.20. The predicted molar refractivity (Wildman–Crippen MR) is 88.6 cm³/mol. The fraction of sp³-hybridized carbons (Fsp3) is 0.278. The number of H-pyrrole nitrogens is 1. The van der Waals surface area contributed by atoms with Gasteiger partial charge in [-0.2, -0.15) is 0 Å². The molecule has 0 unspecified atom stereocenters. The van der Waals surface area contributed by atoms with Crippen LogP contribution in [0, 0.1) is 19.3 Å². The Hall–Kier alpha value is -2.87. The number of aromatic amines is 1. The summed E-state index contributed by atoms with van der Waals surface area (Å²) in [7, 11) is 3.18. The molecule has 1 aromatic heterocycles. The van der Waals surface area contributed by atoms with Gasteiger partial charge in [-0.15, -0.1) is 6.42 Å². The smallest absolute Gasteiger partial charge is 0.271 e. The van der Waals surface area contributed by atoms with Crippen LogP contribution in [0.4, 0.5) is 0 Å². The number of rotatable bonds is 6. The number of terminal acetylenes is 1. The van der Waals surface area contributed by atoms with E-state index in [0.717, 1.165) is 11.1 Å². The van der Waals surface area contributed by atoms with Gasteiger partial charge in [0.05, 0.1) is 27.3 Å². The third-order valence-corrected chi connectivity index (χ3v) is 3.48. The largest absolute Gasteiger partial charge is 0.497 e. The molecular formula is C18H20N2O3. The highest BCUT2D eigenvalue weighted by atomic mass is 16.5. The Kier molecular flexibility index (Phi) is 5.32. The number of hydrogen-bond donors (Lipinski definition) is 1. The highest BCUT2D eigenvalue weighted by Gasteiger charge is 2.18. The lowest BCUT2D eigenvalue weighted by molar-refractivity contribution is 0.0759. The summed E-state index contributed by atoms with van der Waals surface area (Å²) in [6, 6.07) is 7.29. The summed E-state index contributed by atoms with van der Waals surface area (Å²) in [5.41, 5.74) is 2.38. The van der Waals surface area contributed by atoms with E-state index < -0.39 is 0 Å². The molecule has 5 heteroatoms. The Morgan fingerprint density at radius 3 is 2.65 bits per heavy atom. The molecule has 0 aliphatic heterocycles. The Balaban J connectivity index is 2.26. The maximum Gasteiger partial charge on any atom is 0.271 e. The molecule has 1 aromatic carbocycles. The summed E-state index contributed by atoms with van der Waals surface area (Å²) in [5.74, 6) is 3.74. The molecule has 1 amide bonds. The fourth-order valence-electron chi connectivity index (χ4n) is 2.29. The number of amides is 1. The van der Waals surface area contributed by atoms with Crippen LogP contribution in [0.3, 0.4) is 0 Å². The molecule has 2 aromatic rings. The maximum atomic E-state index is 12.6. The minimum Gasteiger partial charge on any atom is -0.497 e. The molecule has 0 atom stereocenters. The SMILES string of the molecule is C#CCN(Cc1ccc(OC)cc1OC)C(=O)c1cc(C)c[nH]1. The first kappa shape index (κ1) is 16.5. The van der Waals surface area contributed by atoms with Gasteiger partial charge in [0.2, 0.25) is 0 Å². The third kappa shape index (κ3) is 3.86. The van der Waals surface area contributed by atoms with E-state index in [9.17, 15) is 4.79 Å². The lowest BCUT2D eigenvalue weighted by Gasteiger charge is -2.21. The number of carbonyl (C=O) groups is 1. The van der Waals surface area contributed by atoms with Gasteiger partial charge in [0, 0.05) is 17.8 Å². The monoisotopic (exact) mass is 312 g/mol. The van der Waals surface area contributed by atoms with Gasteiger partial charge in [-0.1, -0.05) is 5.92 Å². The van der Waals surface area contributed by atoms with Crippen molar-refractivity contribution in [2.24, 2.45) is 0 Å². The number of methoxy groups -OCH3 is 2. The average molecular weight is 312 g/mol. The molecule has 0 fully saturated rings. The van der Waals surface area contributed by atoms with Crippen molar-refractivity contribution in [2.75, 3.05) is 20.8 Å². The maximum absolute atomic E-state index is 12.6. The van der Waals surface area contributed by atoms with E-state index in [-0.39, 0.29) is 12.5 Å². The van der Waals surface area contributed by atoms with Crippen molar-refractivity contribution in [1.29, 1.82) is 0 Å². The van der Waals surface area contributed by atoms with Gasteiger partial charge in [-0.3, -0.25) is 4.79 Å². The summed E-state index contributed by atoms with van der Waals surface area (Å²) < 4.78 is 10.6. The molecule has 23 heavy (non-hydrogen) atoms. The zero-order valence-electron chi connectivity index (χ0n) is 13.6. The van der Waals surface area contributed by atoms with Gasteiger partial charge in [-0.05, 0) is 30.7 Å². The van der Waals surface area contributed by atoms with E-state index >= 15 is 0 Å². The van der Waals surface area contributed by atoms with Crippen LogP contribution in [0.1, 0.15) is 21.6 Å². The lowest BCUT2D eigenvalue weighted by Crippen LogP contribution is -2.31. The normalized spacial score (nSPS) is 10.0. The summed E-state index contributed by atoms with van der Waals surface area (Å²) >= 11 is 0. The zero-order chi connectivity index (χ0) is 16.8. The number of hydrogen-bond acceptors (Lipinski definition) is 3. The molecule has 1 N–H and O–H groups in total. The first-order valence-corrected chi connectivity index (χ1v) is 7.17. The molecule has 5 nitrogen and oxygen atoms in total. The van der Waals surface area contributed by atoms with Crippen LogP contribution in [-0.4, -0.2) is 36.6 Å². The van der Waals surface area contributed by atoms with Crippen molar-refractivity contribution >= 4 is 5.91 Å². The molecular weight excluding hydrogens is 292 g/mol. The van der Waals surface area contributed by atoms with Crippen molar-refractivity contribution in [2.45, 2.75) is 13.5 Å². The van der Waals surface area contributed by atoms with Crippen LogP contribution < -0.4 is 9.47 Å². The molecule has 0 saturated carbocycles. The van der Waals surface area contributed by atoms with Gasteiger partial charge >= 0.3 is 0 Å². The van der Waals surface area contributed by atoms with Crippen LogP contribution in [-0.2, 0) is 6.54 Å². The molecule has 0 saturated heterocycles. The first-order chi connectivity index (χ1) is 11.1. The van der Waals surface area contributed by atoms with E-state index in [4.69, 9.17) is 15.9 Å². The second kappa shape index (κ2) is 7.41. The molecule has 0 radical (unpaired) electrons. The number of benzene rings is 1. The van der Waals surface area contributed by atoms with Crippen molar-refractivity contribution in [3.05, 3.63) is 47.3 Å². The predicted octanol–water partition coefficient (Wildman–Crippen LogP) is 2.62. The molecule has 1 heterocycles. The number of carbonyl (C=O) groups excluding carboxylic acids is 1. The highest BCUT2D eigenvalue weighted by Crippen LogP contribution is 2.26. The van der Waals surface area contributed by atoms with Crippen LogP contribution in [0.15, 0.2) is 30.5 Å². The molecule has 0 aliphatic carbocycles. The van der Waals surface area contributed by atoms with E-state index in [0.29, 0.717) is 23.7 Å². The molecule has 2 rings (SSSR count). The number of aryl methyl sites for hydroxylation is 1. The van der Waals surface area contributed by atoms with Crippen LogP contribution in [0.2, 0.25) is 0 Å². The summed E-state index contributed by atoms with van der Waals surface area (Å²) in [6.45, 7) is 2.49. The average Bonchev–Trinajstić information content (AvgIpc) is 3.00. The van der Waals surface area contributed by atoms with E-state index in [1.165, 1.54) is 0 Å². The minimum absolute atomic E-state index is 0.145. The van der Waals surface area contributed by atoms with Gasteiger partial charge in [0.15, 0.2) is 0 Å². The second-order valence-electron chi connectivity index (χ2n) is 5.13. The van der Waals surface area contributed by atoms with E-state index in [1.807, 2.05) is 19.1 Å². The third-order valence-electron chi connectivity index (χ3n) is 3.48. The second-order valence-corrected chi connectivity index (χ2v) is 5.13. The van der Waals surface area contributed by atoms with Crippen molar-refractivity contribution in [3.63, 3.8) is 0 Å². The number of ether oxygens (including phenoxy) is 2. The standard InChI is InChI=1S/C18H20N2O3/c1-5-8-20(18(21)16-9-13(2)11-19-16)12-14-6-7-15(22-3)10-17(14)23-4/h1,6-7,9-11,19H,8,12H2,2-4H3. The number of nitrogens with one attached hydrogen (secondary N) is 1. The van der Waals surface area contributed by atoms with Crippen LogP contribution >= 0.6 is 0 Å². The minimum atomic E-state index is -0.145. The first-order valence-electron chi connectivity index (χ1n) is 7.17. The van der Waals surface area contributed by atoms with Crippen LogP contribution in [0.5, 0.6) is 11.5 Å².